The van der Waals surface area contributed by atoms with Crippen LogP contribution in [0.15, 0.2) is 82.2 Å². The van der Waals surface area contributed by atoms with Crippen LogP contribution in [0.3, 0.4) is 0 Å². The van der Waals surface area contributed by atoms with E-state index in [1.165, 1.54) is 11.8 Å². The van der Waals surface area contributed by atoms with Crippen molar-refractivity contribution in [1.29, 1.82) is 0 Å². The maximum Gasteiger partial charge on any atom is 0.338 e. The Hall–Kier alpha value is -3.39. The third-order valence-electron chi connectivity index (χ3n) is 5.17. The zero-order valence-corrected chi connectivity index (χ0v) is 18.8. The molecule has 7 nitrogen and oxygen atoms in total. The third-order valence-corrected chi connectivity index (χ3v) is 6.05. The van der Waals surface area contributed by atoms with Crippen molar-refractivity contribution in [2.45, 2.75) is 32.9 Å². The predicted molar refractivity (Wildman–Crippen MR) is 124 cm³/mol. The lowest BCUT2D eigenvalue weighted by Gasteiger charge is -2.36. The topological polar surface area (TPSA) is 83.9 Å². The number of carbonyl (C=O) groups is 2. The molecule has 1 aromatic heterocycles. The lowest BCUT2D eigenvalue weighted by atomic mass is 9.94. The number of aromatic nitrogens is 1. The number of hydrogen-bond donors (Lipinski definition) is 1. The van der Waals surface area contributed by atoms with E-state index in [9.17, 15) is 9.59 Å². The number of ether oxygens (including phenoxy) is 1. The minimum Gasteiger partial charge on any atom is -0.463 e. The summed E-state index contributed by atoms with van der Waals surface area (Å²) in [6, 6.07) is 13.1. The van der Waals surface area contributed by atoms with Gasteiger partial charge in [0.25, 0.3) is 0 Å². The van der Waals surface area contributed by atoms with Crippen molar-refractivity contribution in [1.82, 2.24) is 15.2 Å². The zero-order valence-electron chi connectivity index (χ0n) is 17.9. The first-order valence-corrected chi connectivity index (χ1v) is 11.3. The molecule has 1 atom stereocenters. The molecule has 0 spiro atoms. The molecule has 0 radical (unpaired) electrons. The average molecular weight is 449 g/mol. The Morgan fingerprint density at radius 3 is 2.72 bits per heavy atom. The van der Waals surface area contributed by atoms with E-state index in [2.05, 4.69) is 15.3 Å². The first-order chi connectivity index (χ1) is 15.6. The Balaban J connectivity index is 1.59. The highest BCUT2D eigenvalue weighted by Crippen LogP contribution is 2.44. The Labute approximate surface area is 191 Å². The number of hydrogen-bond acceptors (Lipinski definition) is 7. The molecule has 0 saturated carbocycles. The van der Waals surface area contributed by atoms with Crippen molar-refractivity contribution in [2.24, 2.45) is 4.99 Å². The van der Waals surface area contributed by atoms with Crippen LogP contribution >= 0.6 is 11.8 Å². The fourth-order valence-corrected chi connectivity index (χ4v) is 4.68. The minimum atomic E-state index is -0.407. The lowest BCUT2D eigenvalue weighted by Crippen LogP contribution is -2.38. The number of benzene rings is 1. The molecule has 4 rings (SSSR count). The Kier molecular flexibility index (Phi) is 6.70. The van der Waals surface area contributed by atoms with Gasteiger partial charge >= 0.3 is 5.97 Å². The molecule has 1 N–H and O–H groups in total. The zero-order chi connectivity index (χ0) is 22.5. The van der Waals surface area contributed by atoms with E-state index in [1.54, 1.807) is 19.3 Å². The first kappa shape index (κ1) is 21.8. The van der Waals surface area contributed by atoms with Crippen molar-refractivity contribution in [3.63, 3.8) is 0 Å². The van der Waals surface area contributed by atoms with Gasteiger partial charge in [-0.2, -0.15) is 0 Å². The van der Waals surface area contributed by atoms with Crippen LogP contribution in [0.2, 0.25) is 0 Å². The molecule has 2 aliphatic heterocycles. The number of fused-ring (bicyclic) bond motifs is 1. The summed E-state index contributed by atoms with van der Waals surface area (Å²) in [6.07, 6.45) is 3.60. The highest BCUT2D eigenvalue weighted by atomic mass is 32.2. The van der Waals surface area contributed by atoms with Gasteiger partial charge in [0.05, 0.1) is 30.3 Å². The molecule has 2 aromatic rings. The monoisotopic (exact) mass is 448 g/mol. The van der Waals surface area contributed by atoms with E-state index in [0.717, 1.165) is 22.0 Å². The van der Waals surface area contributed by atoms with Crippen molar-refractivity contribution in [3.05, 3.63) is 88.4 Å². The second kappa shape index (κ2) is 9.82. The molecule has 0 saturated heterocycles. The standard InChI is InChI=1S/C24H24N4O3S/c1-3-31-23(30)21-16(2)27-24-28(22(21)18-9-5-4-6-10-18)19(15-32-24)12-20(29)26-14-17-8-7-11-25-13-17/h4-11,13,15,22H,3,12,14H2,1-2H3,(H,26,29). The van der Waals surface area contributed by atoms with Gasteiger partial charge in [0, 0.05) is 24.6 Å². The van der Waals surface area contributed by atoms with Crippen LogP contribution in [0.1, 0.15) is 37.4 Å². The number of esters is 1. The molecular weight excluding hydrogens is 424 g/mol. The smallest absolute Gasteiger partial charge is 0.338 e. The number of amidine groups is 1. The van der Waals surface area contributed by atoms with Gasteiger partial charge in [-0.05, 0) is 36.4 Å². The van der Waals surface area contributed by atoms with E-state index in [1.807, 2.05) is 59.7 Å². The summed E-state index contributed by atoms with van der Waals surface area (Å²) < 4.78 is 5.35. The number of nitrogens with zero attached hydrogens (tertiary/aromatic N) is 3. The summed E-state index contributed by atoms with van der Waals surface area (Å²) in [4.78, 5) is 36.3. The van der Waals surface area contributed by atoms with Gasteiger partial charge in [0.2, 0.25) is 5.91 Å². The van der Waals surface area contributed by atoms with Gasteiger partial charge in [-0.25, -0.2) is 9.79 Å². The molecule has 1 unspecified atom stereocenters. The molecule has 8 heteroatoms. The second-order valence-electron chi connectivity index (χ2n) is 7.34. The van der Waals surface area contributed by atoms with E-state index < -0.39 is 6.04 Å². The molecule has 2 aliphatic rings. The van der Waals surface area contributed by atoms with Gasteiger partial charge < -0.3 is 15.0 Å². The summed E-state index contributed by atoms with van der Waals surface area (Å²) in [5.74, 6) is -0.503. The quantitative estimate of drug-likeness (QED) is 0.647. The number of rotatable bonds is 7. The summed E-state index contributed by atoms with van der Waals surface area (Å²) >= 11 is 1.46. The maximum absolute atomic E-state index is 12.9. The Morgan fingerprint density at radius 1 is 1.19 bits per heavy atom. The molecule has 164 valence electrons. The van der Waals surface area contributed by atoms with Crippen molar-refractivity contribution < 1.29 is 14.3 Å². The number of allylic oxidation sites excluding steroid dienone is 1. The molecule has 0 bridgehead atoms. The van der Waals surface area contributed by atoms with Gasteiger partial charge in [-0.15, -0.1) is 0 Å². The van der Waals surface area contributed by atoms with Crippen molar-refractivity contribution in [3.8, 4) is 0 Å². The normalized spacial score (nSPS) is 17.4. The molecule has 3 heterocycles. The SMILES string of the molecule is CCOC(=O)C1=C(C)N=C2SC=C(CC(=O)NCc3cccnc3)N2C1c1ccccc1. The number of thioether (sulfide) groups is 1. The highest BCUT2D eigenvalue weighted by molar-refractivity contribution is 8.16. The van der Waals surface area contributed by atoms with Crippen LogP contribution in [-0.4, -0.2) is 33.5 Å². The van der Waals surface area contributed by atoms with E-state index in [0.29, 0.717) is 17.8 Å². The first-order valence-electron chi connectivity index (χ1n) is 10.4. The summed E-state index contributed by atoms with van der Waals surface area (Å²) in [5.41, 5.74) is 3.78. The van der Waals surface area contributed by atoms with Gasteiger partial charge in [0.1, 0.15) is 0 Å². The minimum absolute atomic E-state index is 0.113. The fraction of sp³-hybridized carbons (Fsp3) is 0.250. The van der Waals surface area contributed by atoms with Crippen LogP contribution < -0.4 is 5.32 Å². The fourth-order valence-electron chi connectivity index (χ4n) is 3.72. The van der Waals surface area contributed by atoms with Crippen LogP contribution in [-0.2, 0) is 20.9 Å². The molecule has 1 aromatic carbocycles. The Bertz CT molecular complexity index is 1100. The number of nitrogens with one attached hydrogen (secondary N) is 1. The van der Waals surface area contributed by atoms with Gasteiger partial charge in [-0.1, -0.05) is 48.2 Å². The largest absolute Gasteiger partial charge is 0.463 e. The molecule has 0 aliphatic carbocycles. The summed E-state index contributed by atoms with van der Waals surface area (Å²) in [5, 5.41) is 5.62. The number of pyridine rings is 1. The van der Waals surface area contributed by atoms with Crippen molar-refractivity contribution in [2.75, 3.05) is 6.61 Å². The molecular formula is C24H24N4O3S. The van der Waals surface area contributed by atoms with Gasteiger partial charge in [-0.3, -0.25) is 9.78 Å². The number of amides is 1. The molecule has 0 fully saturated rings. The second-order valence-corrected chi connectivity index (χ2v) is 8.18. The van der Waals surface area contributed by atoms with E-state index in [4.69, 9.17) is 4.74 Å². The number of carbonyl (C=O) groups excluding carboxylic acids is 2. The third kappa shape index (κ3) is 4.60. The Morgan fingerprint density at radius 2 is 2.00 bits per heavy atom. The number of aliphatic imine (C=N–C) groups is 1. The lowest BCUT2D eigenvalue weighted by molar-refractivity contribution is -0.139. The van der Waals surface area contributed by atoms with Crippen LogP contribution in [0, 0.1) is 0 Å². The maximum atomic E-state index is 12.9. The van der Waals surface area contributed by atoms with Crippen LogP contribution in [0.25, 0.3) is 0 Å². The predicted octanol–water partition coefficient (Wildman–Crippen LogP) is 3.93. The highest BCUT2D eigenvalue weighted by Gasteiger charge is 2.40. The van der Waals surface area contributed by atoms with Crippen LogP contribution in [0.5, 0.6) is 0 Å². The molecule has 32 heavy (non-hydrogen) atoms. The van der Waals surface area contributed by atoms with E-state index in [-0.39, 0.29) is 24.9 Å². The summed E-state index contributed by atoms with van der Waals surface area (Å²) in [6.45, 7) is 4.29. The average Bonchev–Trinajstić information content (AvgIpc) is 3.20. The molecule has 1 amide bonds. The van der Waals surface area contributed by atoms with Crippen molar-refractivity contribution >= 4 is 28.8 Å². The van der Waals surface area contributed by atoms with Crippen LogP contribution in [0.4, 0.5) is 0 Å². The van der Waals surface area contributed by atoms with Gasteiger partial charge in [0.15, 0.2) is 5.17 Å². The summed E-state index contributed by atoms with van der Waals surface area (Å²) in [7, 11) is 0. The van der Waals surface area contributed by atoms with E-state index >= 15 is 0 Å².